The van der Waals surface area contributed by atoms with Gasteiger partial charge in [-0.05, 0) is 18.1 Å². The van der Waals surface area contributed by atoms with Gasteiger partial charge in [0, 0.05) is 17.8 Å². The van der Waals surface area contributed by atoms with Crippen LogP contribution in [-0.2, 0) is 0 Å². The second-order valence-corrected chi connectivity index (χ2v) is 3.89. The molecule has 0 saturated heterocycles. The van der Waals surface area contributed by atoms with Crippen LogP contribution in [-0.4, -0.2) is 23.2 Å². The molecule has 0 aliphatic heterocycles. The Hall–Kier alpha value is -2.36. The first-order valence-electron chi connectivity index (χ1n) is 5.47. The molecule has 0 amide bonds. The minimum Gasteiger partial charge on any atom is -0.496 e. The summed E-state index contributed by atoms with van der Waals surface area (Å²) in [6, 6.07) is 9.25. The Labute approximate surface area is 105 Å². The van der Waals surface area contributed by atoms with E-state index in [9.17, 15) is 4.79 Å². The van der Waals surface area contributed by atoms with Crippen molar-refractivity contribution in [1.82, 2.24) is 4.98 Å². The molecule has 2 aromatic rings. The molecule has 0 atom stereocenters. The molecule has 18 heavy (non-hydrogen) atoms. The maximum Gasteiger partial charge on any atom is 0.354 e. The summed E-state index contributed by atoms with van der Waals surface area (Å²) in [4.78, 5) is 14.8. The first-order chi connectivity index (χ1) is 8.63. The number of hydrogen-bond acceptors (Lipinski definition) is 3. The Bertz CT molecular complexity index is 593. The van der Waals surface area contributed by atoms with Crippen LogP contribution in [0.15, 0.2) is 36.5 Å². The summed E-state index contributed by atoms with van der Waals surface area (Å²) in [6.45, 7) is 1.99. The van der Waals surface area contributed by atoms with E-state index in [0.717, 1.165) is 16.7 Å². The number of nitrogens with zero attached hydrogens (tertiary/aromatic N) is 1. The van der Waals surface area contributed by atoms with Gasteiger partial charge >= 0.3 is 5.97 Å². The summed E-state index contributed by atoms with van der Waals surface area (Å²) in [5.41, 5.74) is 2.84. The van der Waals surface area contributed by atoms with E-state index in [1.54, 1.807) is 0 Å². The maximum atomic E-state index is 10.9. The normalized spacial score (nSPS) is 10.1. The van der Waals surface area contributed by atoms with Gasteiger partial charge in [-0.1, -0.05) is 24.3 Å². The molecular weight excluding hydrogens is 230 g/mol. The minimum atomic E-state index is -1.07. The van der Waals surface area contributed by atoms with Crippen LogP contribution in [0.1, 0.15) is 16.1 Å². The lowest BCUT2D eigenvalue weighted by atomic mass is 10.0. The largest absolute Gasteiger partial charge is 0.496 e. The zero-order valence-corrected chi connectivity index (χ0v) is 10.2. The highest BCUT2D eigenvalue weighted by Crippen LogP contribution is 2.31. The van der Waals surface area contributed by atoms with Crippen LogP contribution in [0, 0.1) is 6.92 Å². The van der Waals surface area contributed by atoms with Crippen molar-refractivity contribution in [3.05, 3.63) is 47.8 Å². The van der Waals surface area contributed by atoms with Crippen molar-refractivity contribution < 1.29 is 14.6 Å². The van der Waals surface area contributed by atoms with Gasteiger partial charge in [0.2, 0.25) is 0 Å². The molecule has 92 valence electrons. The van der Waals surface area contributed by atoms with Gasteiger partial charge in [-0.3, -0.25) is 0 Å². The van der Waals surface area contributed by atoms with E-state index >= 15 is 0 Å². The molecule has 0 fully saturated rings. The fourth-order valence-corrected chi connectivity index (χ4v) is 1.80. The van der Waals surface area contributed by atoms with Gasteiger partial charge < -0.3 is 9.84 Å². The van der Waals surface area contributed by atoms with Gasteiger partial charge in [-0.25, -0.2) is 9.78 Å². The Morgan fingerprint density at radius 2 is 2.00 bits per heavy atom. The third-order valence-corrected chi connectivity index (χ3v) is 2.74. The number of methoxy groups -OCH3 is 1. The van der Waals surface area contributed by atoms with Gasteiger partial charge in [0.1, 0.15) is 5.75 Å². The smallest absolute Gasteiger partial charge is 0.354 e. The SMILES string of the molecule is COc1cc(C(=O)O)ncc1-c1ccccc1C. The highest BCUT2D eigenvalue weighted by atomic mass is 16.5. The standard InChI is InChI=1S/C14H13NO3/c1-9-5-3-4-6-10(9)11-8-15-12(14(16)17)7-13(11)18-2/h3-8H,1-2H3,(H,16,17). The summed E-state index contributed by atoms with van der Waals surface area (Å²) in [5.74, 6) is -0.554. The maximum absolute atomic E-state index is 10.9. The number of carboxylic acid groups (broad SMARTS) is 1. The molecule has 1 N–H and O–H groups in total. The van der Waals surface area contributed by atoms with Crippen LogP contribution >= 0.6 is 0 Å². The lowest BCUT2D eigenvalue weighted by Crippen LogP contribution is -2.01. The molecule has 1 aromatic heterocycles. The van der Waals surface area contributed by atoms with E-state index < -0.39 is 5.97 Å². The number of carbonyl (C=O) groups is 1. The number of ether oxygens (including phenoxy) is 1. The lowest BCUT2D eigenvalue weighted by Gasteiger charge is -2.11. The molecule has 0 saturated carbocycles. The van der Waals surface area contributed by atoms with Gasteiger partial charge in [0.05, 0.1) is 7.11 Å². The van der Waals surface area contributed by atoms with Gasteiger partial charge in [-0.15, -0.1) is 0 Å². The Morgan fingerprint density at radius 1 is 1.28 bits per heavy atom. The molecule has 0 unspecified atom stereocenters. The summed E-state index contributed by atoms with van der Waals surface area (Å²) in [5, 5.41) is 8.90. The van der Waals surface area contributed by atoms with Crippen LogP contribution < -0.4 is 4.74 Å². The molecule has 0 radical (unpaired) electrons. The molecule has 0 aliphatic carbocycles. The predicted molar refractivity (Wildman–Crippen MR) is 67.9 cm³/mol. The quantitative estimate of drug-likeness (QED) is 0.900. The van der Waals surface area contributed by atoms with Crippen LogP contribution in [0.4, 0.5) is 0 Å². The number of aromatic carboxylic acids is 1. The van der Waals surface area contributed by atoms with Crippen LogP contribution in [0.25, 0.3) is 11.1 Å². The fraction of sp³-hybridized carbons (Fsp3) is 0.143. The van der Waals surface area contributed by atoms with Crippen LogP contribution in [0.3, 0.4) is 0 Å². The molecule has 0 spiro atoms. The number of rotatable bonds is 3. The Kier molecular flexibility index (Phi) is 3.28. The summed E-state index contributed by atoms with van der Waals surface area (Å²) in [6.07, 6.45) is 1.53. The number of aryl methyl sites for hydroxylation is 1. The van der Waals surface area contributed by atoms with Crippen molar-refractivity contribution in [2.45, 2.75) is 6.92 Å². The molecular formula is C14H13NO3. The fourth-order valence-electron chi connectivity index (χ4n) is 1.80. The van der Waals surface area contributed by atoms with Gasteiger partial charge in [0.25, 0.3) is 0 Å². The Balaban J connectivity index is 2.58. The zero-order chi connectivity index (χ0) is 13.1. The number of pyridine rings is 1. The van der Waals surface area contributed by atoms with E-state index in [-0.39, 0.29) is 5.69 Å². The second kappa shape index (κ2) is 4.87. The highest BCUT2D eigenvalue weighted by Gasteiger charge is 2.12. The van der Waals surface area contributed by atoms with Crippen molar-refractivity contribution in [3.8, 4) is 16.9 Å². The van der Waals surface area contributed by atoms with Crippen molar-refractivity contribution in [3.63, 3.8) is 0 Å². The third-order valence-electron chi connectivity index (χ3n) is 2.74. The molecule has 2 rings (SSSR count). The molecule has 0 bridgehead atoms. The number of benzene rings is 1. The minimum absolute atomic E-state index is 0.0239. The van der Waals surface area contributed by atoms with Crippen molar-refractivity contribution in [2.24, 2.45) is 0 Å². The summed E-state index contributed by atoms with van der Waals surface area (Å²) >= 11 is 0. The number of carboxylic acids is 1. The van der Waals surface area contributed by atoms with E-state index in [2.05, 4.69) is 4.98 Å². The van der Waals surface area contributed by atoms with Gasteiger partial charge in [0.15, 0.2) is 5.69 Å². The summed E-state index contributed by atoms with van der Waals surface area (Å²) in [7, 11) is 1.52. The van der Waals surface area contributed by atoms with Crippen LogP contribution in [0.5, 0.6) is 5.75 Å². The first-order valence-corrected chi connectivity index (χ1v) is 5.47. The average molecular weight is 243 g/mol. The molecule has 4 nitrogen and oxygen atoms in total. The molecule has 0 aliphatic rings. The molecule has 4 heteroatoms. The highest BCUT2D eigenvalue weighted by molar-refractivity contribution is 5.87. The molecule has 1 heterocycles. The Morgan fingerprint density at radius 3 is 2.61 bits per heavy atom. The third kappa shape index (κ3) is 2.18. The van der Waals surface area contributed by atoms with Gasteiger partial charge in [-0.2, -0.15) is 0 Å². The van der Waals surface area contributed by atoms with Crippen molar-refractivity contribution in [2.75, 3.05) is 7.11 Å². The number of aromatic nitrogens is 1. The summed E-state index contributed by atoms with van der Waals surface area (Å²) < 4.78 is 5.24. The van der Waals surface area contributed by atoms with Crippen molar-refractivity contribution in [1.29, 1.82) is 0 Å². The topological polar surface area (TPSA) is 59.4 Å². The van der Waals surface area contributed by atoms with Crippen LogP contribution in [0.2, 0.25) is 0 Å². The average Bonchev–Trinajstić information content (AvgIpc) is 2.38. The monoisotopic (exact) mass is 243 g/mol. The zero-order valence-electron chi connectivity index (χ0n) is 10.2. The van der Waals surface area contributed by atoms with E-state index in [1.807, 2.05) is 31.2 Å². The molecule has 1 aromatic carbocycles. The van der Waals surface area contributed by atoms with E-state index in [0.29, 0.717) is 5.75 Å². The van der Waals surface area contributed by atoms with E-state index in [1.165, 1.54) is 19.4 Å². The second-order valence-electron chi connectivity index (χ2n) is 3.89. The van der Waals surface area contributed by atoms with E-state index in [4.69, 9.17) is 9.84 Å². The first kappa shape index (κ1) is 12.1. The predicted octanol–water partition coefficient (Wildman–Crippen LogP) is 2.76. The lowest BCUT2D eigenvalue weighted by molar-refractivity contribution is 0.0690. The van der Waals surface area contributed by atoms with Crippen molar-refractivity contribution >= 4 is 5.97 Å². The number of hydrogen-bond donors (Lipinski definition) is 1.